The molecule has 31 heavy (non-hydrogen) atoms. The van der Waals surface area contributed by atoms with Gasteiger partial charge in [-0.2, -0.15) is 0 Å². The SMILES string of the molecule is CC(C)(C)OC(=O)N[C@@H](CCN)CO[Si](c1ccccc1)(c1ccccc1)C(C)(C)C. The van der Waals surface area contributed by atoms with Gasteiger partial charge in [0.25, 0.3) is 8.32 Å². The van der Waals surface area contributed by atoms with Crippen molar-refractivity contribution in [3.63, 3.8) is 0 Å². The summed E-state index contributed by atoms with van der Waals surface area (Å²) in [6, 6.07) is 20.7. The summed E-state index contributed by atoms with van der Waals surface area (Å²) in [7, 11) is -2.67. The second kappa shape index (κ2) is 10.4. The van der Waals surface area contributed by atoms with Gasteiger partial charge in [0.1, 0.15) is 5.60 Å². The molecule has 1 atom stereocenters. The van der Waals surface area contributed by atoms with Gasteiger partial charge >= 0.3 is 6.09 Å². The fourth-order valence-corrected chi connectivity index (χ4v) is 8.47. The highest BCUT2D eigenvalue weighted by molar-refractivity contribution is 6.99. The van der Waals surface area contributed by atoms with Crippen molar-refractivity contribution in [3.8, 4) is 0 Å². The molecule has 0 bridgehead atoms. The minimum absolute atomic E-state index is 0.130. The first-order valence-corrected chi connectivity index (χ1v) is 12.8. The number of benzene rings is 2. The molecule has 0 spiro atoms. The maximum Gasteiger partial charge on any atom is 0.407 e. The Hall–Kier alpha value is -2.15. The zero-order chi connectivity index (χ0) is 23.1. The molecule has 2 rings (SSSR count). The molecule has 0 heterocycles. The third-order valence-electron chi connectivity index (χ3n) is 5.15. The highest BCUT2D eigenvalue weighted by Crippen LogP contribution is 2.36. The monoisotopic (exact) mass is 442 g/mol. The first-order chi connectivity index (χ1) is 14.5. The summed E-state index contributed by atoms with van der Waals surface area (Å²) in [5.41, 5.74) is 5.28. The van der Waals surface area contributed by atoms with Gasteiger partial charge in [-0.15, -0.1) is 0 Å². The van der Waals surface area contributed by atoms with E-state index >= 15 is 0 Å². The van der Waals surface area contributed by atoms with Crippen LogP contribution in [0, 0.1) is 0 Å². The van der Waals surface area contributed by atoms with Gasteiger partial charge in [0, 0.05) is 0 Å². The lowest BCUT2D eigenvalue weighted by atomic mass is 10.2. The molecular formula is C25H38N2O3Si. The molecule has 0 saturated carbocycles. The van der Waals surface area contributed by atoms with Crippen molar-refractivity contribution in [2.45, 2.75) is 64.6 Å². The number of hydrogen-bond acceptors (Lipinski definition) is 4. The molecule has 0 saturated heterocycles. The first-order valence-electron chi connectivity index (χ1n) is 10.9. The molecule has 0 aromatic heterocycles. The minimum Gasteiger partial charge on any atom is -0.444 e. The summed E-state index contributed by atoms with van der Waals surface area (Å²) in [5, 5.41) is 5.24. The number of alkyl carbamates (subject to hydrolysis) is 1. The summed E-state index contributed by atoms with van der Waals surface area (Å²) < 4.78 is 12.4. The van der Waals surface area contributed by atoms with Crippen LogP contribution in [0.15, 0.2) is 60.7 Å². The molecule has 3 N–H and O–H groups in total. The highest BCUT2D eigenvalue weighted by Gasteiger charge is 2.50. The van der Waals surface area contributed by atoms with Gasteiger partial charge in [0.05, 0.1) is 12.6 Å². The van der Waals surface area contributed by atoms with Crippen LogP contribution in [-0.2, 0) is 9.16 Å². The Bertz CT molecular complexity index is 775. The average Bonchev–Trinajstić information content (AvgIpc) is 2.67. The predicted octanol–water partition coefficient (Wildman–Crippen LogP) is 3.81. The normalized spacial score (nSPS) is 13.5. The van der Waals surface area contributed by atoms with E-state index in [4.69, 9.17) is 14.9 Å². The number of ether oxygens (including phenoxy) is 1. The minimum atomic E-state index is -2.67. The smallest absolute Gasteiger partial charge is 0.407 e. The Labute approximate surface area is 188 Å². The third kappa shape index (κ3) is 6.66. The van der Waals surface area contributed by atoms with E-state index in [1.54, 1.807) is 0 Å². The van der Waals surface area contributed by atoms with Crippen LogP contribution in [0.3, 0.4) is 0 Å². The maximum absolute atomic E-state index is 12.4. The lowest BCUT2D eigenvalue weighted by Gasteiger charge is -2.43. The van der Waals surface area contributed by atoms with Gasteiger partial charge in [-0.3, -0.25) is 0 Å². The number of nitrogens with one attached hydrogen (secondary N) is 1. The van der Waals surface area contributed by atoms with Gasteiger partial charge in [-0.1, -0.05) is 81.4 Å². The summed E-state index contributed by atoms with van der Waals surface area (Å²) in [5.74, 6) is 0. The Kier molecular flexibility index (Phi) is 8.46. The van der Waals surface area contributed by atoms with Crippen molar-refractivity contribution in [3.05, 3.63) is 60.7 Å². The fourth-order valence-electron chi connectivity index (χ4n) is 3.86. The van der Waals surface area contributed by atoms with Crippen molar-refractivity contribution >= 4 is 24.8 Å². The molecule has 0 radical (unpaired) electrons. The van der Waals surface area contributed by atoms with Gasteiger partial charge in [0.2, 0.25) is 0 Å². The van der Waals surface area contributed by atoms with E-state index in [1.807, 2.05) is 32.9 Å². The fraction of sp³-hybridized carbons (Fsp3) is 0.480. The molecule has 0 unspecified atom stereocenters. The van der Waals surface area contributed by atoms with E-state index in [0.29, 0.717) is 19.6 Å². The highest BCUT2D eigenvalue weighted by atomic mass is 28.4. The van der Waals surface area contributed by atoms with Crippen LogP contribution in [0.5, 0.6) is 0 Å². The van der Waals surface area contributed by atoms with Crippen molar-refractivity contribution in [1.82, 2.24) is 5.32 Å². The van der Waals surface area contributed by atoms with Crippen molar-refractivity contribution in [2.24, 2.45) is 5.73 Å². The number of hydrogen-bond donors (Lipinski definition) is 2. The quantitative estimate of drug-likeness (QED) is 0.610. The Balaban J connectivity index is 2.39. The Morgan fingerprint density at radius 3 is 1.81 bits per heavy atom. The Morgan fingerprint density at radius 2 is 1.42 bits per heavy atom. The van der Waals surface area contributed by atoms with E-state index in [2.05, 4.69) is 74.6 Å². The van der Waals surface area contributed by atoms with E-state index in [9.17, 15) is 4.79 Å². The number of carbonyl (C=O) groups is 1. The van der Waals surface area contributed by atoms with Crippen LogP contribution in [0.4, 0.5) is 4.79 Å². The number of carbonyl (C=O) groups excluding carboxylic acids is 1. The van der Waals surface area contributed by atoms with Crippen molar-refractivity contribution in [2.75, 3.05) is 13.2 Å². The summed E-state index contributed by atoms with van der Waals surface area (Å²) in [6.07, 6.45) is 0.161. The molecule has 6 heteroatoms. The topological polar surface area (TPSA) is 73.6 Å². The van der Waals surface area contributed by atoms with Crippen LogP contribution in [0.1, 0.15) is 48.0 Å². The van der Waals surface area contributed by atoms with Crippen LogP contribution < -0.4 is 21.4 Å². The van der Waals surface area contributed by atoms with Gasteiger partial charge in [0.15, 0.2) is 0 Å². The lowest BCUT2D eigenvalue weighted by molar-refractivity contribution is 0.0483. The van der Waals surface area contributed by atoms with Crippen molar-refractivity contribution in [1.29, 1.82) is 0 Å². The summed E-state index contributed by atoms with van der Waals surface area (Å²) in [4.78, 5) is 12.4. The van der Waals surface area contributed by atoms with E-state index in [-0.39, 0.29) is 11.1 Å². The van der Waals surface area contributed by atoms with Gasteiger partial charge in [-0.25, -0.2) is 4.79 Å². The average molecular weight is 443 g/mol. The summed E-state index contributed by atoms with van der Waals surface area (Å²) >= 11 is 0. The van der Waals surface area contributed by atoms with Crippen LogP contribution in [-0.4, -0.2) is 39.2 Å². The van der Waals surface area contributed by atoms with E-state index in [1.165, 1.54) is 10.4 Å². The maximum atomic E-state index is 12.4. The second-order valence-electron chi connectivity index (χ2n) is 9.89. The number of nitrogens with two attached hydrogens (primary N) is 1. The van der Waals surface area contributed by atoms with Crippen LogP contribution in [0.25, 0.3) is 0 Å². The van der Waals surface area contributed by atoms with Crippen LogP contribution >= 0.6 is 0 Å². The summed E-state index contributed by atoms with van der Waals surface area (Å²) in [6.45, 7) is 13.1. The number of amides is 1. The van der Waals surface area contributed by atoms with Gasteiger partial charge in [-0.05, 0) is 49.1 Å². The Morgan fingerprint density at radius 1 is 0.935 bits per heavy atom. The third-order valence-corrected chi connectivity index (χ3v) is 10.2. The van der Waals surface area contributed by atoms with E-state index < -0.39 is 20.0 Å². The largest absolute Gasteiger partial charge is 0.444 e. The lowest BCUT2D eigenvalue weighted by Crippen LogP contribution is -2.67. The molecule has 0 fully saturated rings. The molecule has 0 aliphatic carbocycles. The van der Waals surface area contributed by atoms with E-state index in [0.717, 1.165) is 0 Å². The van der Waals surface area contributed by atoms with Gasteiger partial charge < -0.3 is 20.2 Å². The molecule has 2 aromatic rings. The van der Waals surface area contributed by atoms with Crippen molar-refractivity contribution < 1.29 is 14.0 Å². The first kappa shape index (κ1) is 25.1. The molecule has 0 aliphatic heterocycles. The molecule has 5 nitrogen and oxygen atoms in total. The molecular weight excluding hydrogens is 404 g/mol. The standard InChI is InChI=1S/C25H38N2O3Si/c1-24(2,3)30-23(28)27-20(17-18-26)19-29-31(25(4,5)6,21-13-9-7-10-14-21)22-15-11-8-12-16-22/h7-16,20H,17-19,26H2,1-6H3,(H,27,28)/t20-/m0/s1. The predicted molar refractivity (Wildman–Crippen MR) is 130 cm³/mol. The molecule has 0 aliphatic rings. The number of rotatable bonds is 8. The molecule has 1 amide bonds. The second-order valence-corrected chi connectivity index (χ2v) is 14.2. The molecule has 2 aromatic carbocycles. The zero-order valence-corrected chi connectivity index (χ0v) is 20.8. The zero-order valence-electron chi connectivity index (χ0n) is 19.8. The molecule has 170 valence electrons. The van der Waals surface area contributed by atoms with Crippen LogP contribution in [0.2, 0.25) is 5.04 Å².